The van der Waals surface area contributed by atoms with Gasteiger partial charge in [-0.15, -0.1) is 0 Å². The Labute approximate surface area is 234 Å². The zero-order valence-corrected chi connectivity index (χ0v) is 23.4. The first-order valence-electron chi connectivity index (χ1n) is 13.4. The van der Waals surface area contributed by atoms with Gasteiger partial charge in [0, 0.05) is 13.0 Å². The van der Waals surface area contributed by atoms with Gasteiger partial charge >= 0.3 is 12.1 Å². The van der Waals surface area contributed by atoms with Crippen molar-refractivity contribution in [3.8, 4) is 5.69 Å². The van der Waals surface area contributed by atoms with Gasteiger partial charge in [0.2, 0.25) is 0 Å². The van der Waals surface area contributed by atoms with Crippen LogP contribution in [0.1, 0.15) is 54.5 Å². The lowest BCUT2D eigenvalue weighted by atomic mass is 10.00. The zero-order chi connectivity index (χ0) is 28.7. The molecule has 0 bridgehead atoms. The maximum atomic E-state index is 14.0. The van der Waals surface area contributed by atoms with Gasteiger partial charge in [0.1, 0.15) is 11.4 Å². The van der Waals surface area contributed by atoms with Crippen molar-refractivity contribution in [1.82, 2.24) is 14.9 Å². The van der Waals surface area contributed by atoms with Crippen molar-refractivity contribution in [2.75, 3.05) is 13.7 Å². The van der Waals surface area contributed by atoms with E-state index in [-0.39, 0.29) is 11.5 Å². The molecule has 0 fully saturated rings. The van der Waals surface area contributed by atoms with Crippen molar-refractivity contribution in [2.24, 2.45) is 0 Å². The molecule has 8 nitrogen and oxygen atoms in total. The third kappa shape index (κ3) is 7.14. The normalized spacial score (nSPS) is 11.3. The zero-order valence-electron chi connectivity index (χ0n) is 23.4. The second-order valence-corrected chi connectivity index (χ2v) is 10.5. The number of rotatable bonds is 9. The maximum Gasteiger partial charge on any atom is 0.407 e. The summed E-state index contributed by atoms with van der Waals surface area (Å²) in [5.74, 6) is 0.259. The molecule has 1 amide bonds. The van der Waals surface area contributed by atoms with E-state index in [2.05, 4.69) is 5.32 Å². The van der Waals surface area contributed by atoms with Gasteiger partial charge < -0.3 is 14.8 Å². The fraction of sp³-hybridized carbons (Fsp3) is 0.312. The summed E-state index contributed by atoms with van der Waals surface area (Å²) >= 11 is 0. The summed E-state index contributed by atoms with van der Waals surface area (Å²) in [5, 5.41) is 3.36. The number of carbonyl (C=O) groups is 2. The molecule has 8 heteroatoms. The predicted octanol–water partition coefficient (Wildman–Crippen LogP) is 5.41. The molecular formula is C32H35N3O5. The summed E-state index contributed by atoms with van der Waals surface area (Å²) < 4.78 is 11.8. The maximum absolute atomic E-state index is 14.0. The average molecular weight is 542 g/mol. The van der Waals surface area contributed by atoms with Gasteiger partial charge in [0.25, 0.3) is 5.56 Å². The van der Waals surface area contributed by atoms with Gasteiger partial charge in [-0.1, -0.05) is 42.5 Å². The monoisotopic (exact) mass is 541 g/mol. The van der Waals surface area contributed by atoms with Crippen LogP contribution >= 0.6 is 0 Å². The molecule has 4 rings (SSSR count). The van der Waals surface area contributed by atoms with Gasteiger partial charge in [-0.2, -0.15) is 0 Å². The Morgan fingerprint density at radius 3 is 2.30 bits per heavy atom. The minimum Gasteiger partial charge on any atom is -0.465 e. The first kappa shape index (κ1) is 28.5. The minimum absolute atomic E-state index is 0.122. The Kier molecular flexibility index (Phi) is 8.99. The number of methoxy groups -OCH3 is 1. The van der Waals surface area contributed by atoms with E-state index in [1.165, 1.54) is 7.11 Å². The van der Waals surface area contributed by atoms with Crippen molar-refractivity contribution in [3.05, 3.63) is 106 Å². The fourth-order valence-electron chi connectivity index (χ4n) is 4.52. The lowest BCUT2D eigenvalue weighted by Gasteiger charge is -2.19. The number of ether oxygens (including phenoxy) is 2. The Morgan fingerprint density at radius 2 is 1.62 bits per heavy atom. The Balaban J connectivity index is 1.60. The third-order valence-corrected chi connectivity index (χ3v) is 6.37. The van der Waals surface area contributed by atoms with Crippen molar-refractivity contribution >= 4 is 23.0 Å². The van der Waals surface area contributed by atoms with E-state index in [1.807, 2.05) is 81.4 Å². The standard InChI is InChI=1S/C32H35N3O5/c1-32(2,3)40-31(38)33-21-9-14-27-34-26-13-8-10-23(18-15-22-16-19-24(20-17-22)30(37)39-4)28(26)29(36)35(27)25-11-6-5-7-12-25/h5-8,10-13,16-17,19-20H,9,14-15,18,21H2,1-4H3,(H,33,38). The molecule has 0 aliphatic heterocycles. The quantitative estimate of drug-likeness (QED) is 0.225. The van der Waals surface area contributed by atoms with Crippen molar-refractivity contribution in [1.29, 1.82) is 0 Å². The molecule has 40 heavy (non-hydrogen) atoms. The summed E-state index contributed by atoms with van der Waals surface area (Å²) in [6, 6.07) is 22.5. The molecule has 208 valence electrons. The number of para-hydroxylation sites is 1. The molecule has 0 saturated heterocycles. The smallest absolute Gasteiger partial charge is 0.407 e. The number of nitrogens with zero attached hydrogens (tertiary/aromatic N) is 2. The molecular weight excluding hydrogens is 506 g/mol. The van der Waals surface area contributed by atoms with Gasteiger partial charge in [-0.3, -0.25) is 9.36 Å². The van der Waals surface area contributed by atoms with E-state index >= 15 is 0 Å². The summed E-state index contributed by atoms with van der Waals surface area (Å²) in [5.41, 5.74) is 3.16. The van der Waals surface area contributed by atoms with Crippen LogP contribution < -0.4 is 10.9 Å². The second-order valence-electron chi connectivity index (χ2n) is 10.5. The Bertz CT molecular complexity index is 1540. The molecule has 0 unspecified atom stereocenters. The van der Waals surface area contributed by atoms with E-state index in [1.54, 1.807) is 16.7 Å². The van der Waals surface area contributed by atoms with Crippen LogP contribution in [0, 0.1) is 0 Å². The first-order valence-corrected chi connectivity index (χ1v) is 13.4. The van der Waals surface area contributed by atoms with E-state index in [0.717, 1.165) is 16.8 Å². The fourth-order valence-corrected chi connectivity index (χ4v) is 4.52. The summed E-state index contributed by atoms with van der Waals surface area (Å²) in [6.07, 6.45) is 1.95. The number of esters is 1. The van der Waals surface area contributed by atoms with Crippen molar-refractivity contribution < 1.29 is 19.1 Å². The number of amides is 1. The Hall–Kier alpha value is -4.46. The van der Waals surface area contributed by atoms with E-state index < -0.39 is 11.7 Å². The summed E-state index contributed by atoms with van der Waals surface area (Å²) in [6.45, 7) is 5.85. The molecule has 0 saturated carbocycles. The van der Waals surface area contributed by atoms with Crippen LogP contribution in [0.4, 0.5) is 4.79 Å². The number of aryl methyl sites for hydroxylation is 3. The largest absolute Gasteiger partial charge is 0.465 e. The van der Waals surface area contributed by atoms with Crippen LogP contribution in [-0.2, 0) is 28.7 Å². The van der Waals surface area contributed by atoms with Gasteiger partial charge in [0.05, 0.1) is 29.3 Å². The topological polar surface area (TPSA) is 99.5 Å². The molecule has 1 aromatic heterocycles. The molecule has 1 heterocycles. The van der Waals surface area contributed by atoms with Crippen LogP contribution in [0.2, 0.25) is 0 Å². The lowest BCUT2D eigenvalue weighted by Crippen LogP contribution is -2.33. The van der Waals surface area contributed by atoms with E-state index in [4.69, 9.17) is 14.5 Å². The van der Waals surface area contributed by atoms with Crippen LogP contribution in [0.5, 0.6) is 0 Å². The Morgan fingerprint density at radius 1 is 0.900 bits per heavy atom. The summed E-state index contributed by atoms with van der Waals surface area (Å²) in [7, 11) is 1.36. The van der Waals surface area contributed by atoms with Gasteiger partial charge in [-0.05, 0) is 81.5 Å². The van der Waals surface area contributed by atoms with Crippen molar-refractivity contribution in [3.63, 3.8) is 0 Å². The number of aromatic nitrogens is 2. The number of fused-ring (bicyclic) bond motifs is 1. The van der Waals surface area contributed by atoms with Gasteiger partial charge in [0.15, 0.2) is 0 Å². The van der Waals surface area contributed by atoms with Gasteiger partial charge in [-0.25, -0.2) is 14.6 Å². The van der Waals surface area contributed by atoms with E-state index in [9.17, 15) is 14.4 Å². The van der Waals surface area contributed by atoms with Crippen molar-refractivity contribution in [2.45, 2.75) is 52.1 Å². The average Bonchev–Trinajstić information content (AvgIpc) is 2.93. The lowest BCUT2D eigenvalue weighted by molar-refractivity contribution is 0.0526. The highest BCUT2D eigenvalue weighted by Gasteiger charge is 2.17. The van der Waals surface area contributed by atoms with E-state index in [0.29, 0.717) is 54.5 Å². The highest BCUT2D eigenvalue weighted by atomic mass is 16.6. The molecule has 0 radical (unpaired) electrons. The highest BCUT2D eigenvalue weighted by Crippen LogP contribution is 2.20. The predicted molar refractivity (Wildman–Crippen MR) is 155 cm³/mol. The molecule has 1 N–H and O–H groups in total. The molecule has 3 aromatic carbocycles. The third-order valence-electron chi connectivity index (χ3n) is 6.37. The van der Waals surface area contributed by atoms with Crippen LogP contribution in [0.15, 0.2) is 77.6 Å². The molecule has 0 aliphatic rings. The molecule has 0 spiro atoms. The number of benzene rings is 3. The number of alkyl carbamates (subject to hydrolysis) is 1. The molecule has 0 aliphatic carbocycles. The number of hydrogen-bond acceptors (Lipinski definition) is 6. The first-order chi connectivity index (χ1) is 19.2. The SMILES string of the molecule is COC(=O)c1ccc(CCc2cccc3nc(CCCNC(=O)OC(C)(C)C)n(-c4ccccc4)c(=O)c23)cc1. The van der Waals surface area contributed by atoms with Crippen LogP contribution in [0.3, 0.4) is 0 Å². The van der Waals surface area contributed by atoms with Crippen LogP contribution in [0.25, 0.3) is 16.6 Å². The molecule has 4 aromatic rings. The summed E-state index contributed by atoms with van der Waals surface area (Å²) in [4.78, 5) is 42.7. The number of hydrogen-bond donors (Lipinski definition) is 1. The molecule has 0 atom stereocenters. The number of carbonyl (C=O) groups excluding carboxylic acids is 2. The minimum atomic E-state index is -0.567. The number of nitrogens with one attached hydrogen (secondary N) is 1. The second kappa shape index (κ2) is 12.6. The highest BCUT2D eigenvalue weighted by molar-refractivity contribution is 5.89. The van der Waals surface area contributed by atoms with Crippen LogP contribution in [-0.4, -0.2) is 40.9 Å².